The number of benzene rings is 6. The van der Waals surface area contributed by atoms with Crippen molar-refractivity contribution in [2.75, 3.05) is 0 Å². The second-order valence-electron chi connectivity index (χ2n) is 9.03. The van der Waals surface area contributed by atoms with E-state index in [9.17, 15) is 0 Å². The van der Waals surface area contributed by atoms with Crippen LogP contribution < -0.4 is 0 Å². The minimum Gasteiger partial charge on any atom is -0.309 e. The smallest absolute Gasteiger partial charge is 0.0619 e. The lowest BCUT2D eigenvalue weighted by Gasteiger charge is -2.11. The van der Waals surface area contributed by atoms with Crippen LogP contribution in [0.15, 0.2) is 140 Å². The van der Waals surface area contributed by atoms with Gasteiger partial charge in [-0.05, 0) is 51.9 Å². The van der Waals surface area contributed by atoms with Crippen LogP contribution in [0.3, 0.4) is 0 Å². The predicted octanol–water partition coefficient (Wildman–Crippen LogP) is 9.27. The van der Waals surface area contributed by atoms with Gasteiger partial charge in [-0.15, -0.1) is 0 Å². The van der Waals surface area contributed by atoms with Crippen LogP contribution in [-0.4, -0.2) is 4.57 Å². The summed E-state index contributed by atoms with van der Waals surface area (Å²) in [5.74, 6) is 0. The maximum Gasteiger partial charge on any atom is 0.0619 e. The van der Waals surface area contributed by atoms with Crippen LogP contribution in [-0.2, 0) is 0 Å². The molecule has 7 aromatic rings. The normalized spacial score (nSPS) is 11.4. The number of nitrogens with zero attached hydrogens (tertiary/aromatic N) is 1. The Balaban J connectivity index is 1.52. The Hall–Kier alpha value is -4.62. The Morgan fingerprint density at radius 3 is 1.83 bits per heavy atom. The third kappa shape index (κ3) is 3.25. The lowest BCUT2D eigenvalue weighted by molar-refractivity contribution is 1.19. The van der Waals surface area contributed by atoms with Crippen LogP contribution in [0.4, 0.5) is 0 Å². The molecule has 0 aliphatic rings. The molecule has 0 bridgehead atoms. The van der Waals surface area contributed by atoms with E-state index in [1.807, 2.05) is 0 Å². The second-order valence-corrected chi connectivity index (χ2v) is 9.03. The highest BCUT2D eigenvalue weighted by Gasteiger charge is 2.15. The van der Waals surface area contributed by atoms with Gasteiger partial charge in [-0.2, -0.15) is 0 Å². The third-order valence-corrected chi connectivity index (χ3v) is 6.97. The van der Waals surface area contributed by atoms with Gasteiger partial charge in [0.05, 0.1) is 11.0 Å². The molecule has 0 spiro atoms. The fraction of sp³-hybridized carbons (Fsp3) is 0. The first kappa shape index (κ1) is 19.8. The lowest BCUT2D eigenvalue weighted by Crippen LogP contribution is -1.94. The van der Waals surface area contributed by atoms with Crippen molar-refractivity contribution in [1.29, 1.82) is 0 Å². The molecule has 0 amide bonds. The van der Waals surface area contributed by atoms with E-state index < -0.39 is 0 Å². The molecule has 0 atom stereocenters. The Morgan fingerprint density at radius 1 is 0.371 bits per heavy atom. The highest BCUT2D eigenvalue weighted by atomic mass is 15.0. The van der Waals surface area contributed by atoms with E-state index in [1.165, 1.54) is 60.5 Å². The zero-order valence-electron chi connectivity index (χ0n) is 19.2. The number of hydrogen-bond acceptors (Lipinski definition) is 0. The molecule has 0 aliphatic carbocycles. The molecular weight excluding hydrogens is 422 g/mol. The molecule has 0 fully saturated rings. The molecule has 1 heteroatoms. The fourth-order valence-electron chi connectivity index (χ4n) is 5.31. The average Bonchev–Trinajstić information content (AvgIpc) is 3.28. The van der Waals surface area contributed by atoms with Crippen molar-refractivity contribution in [2.45, 2.75) is 0 Å². The van der Waals surface area contributed by atoms with Crippen molar-refractivity contribution in [1.82, 2.24) is 4.57 Å². The van der Waals surface area contributed by atoms with Crippen LogP contribution in [0.25, 0.3) is 60.5 Å². The zero-order chi connectivity index (χ0) is 23.2. The Labute approximate surface area is 204 Å². The molecule has 0 radical (unpaired) electrons. The van der Waals surface area contributed by atoms with Crippen molar-refractivity contribution in [3.63, 3.8) is 0 Å². The summed E-state index contributed by atoms with van der Waals surface area (Å²) in [6.07, 6.45) is 0. The monoisotopic (exact) mass is 445 g/mol. The topological polar surface area (TPSA) is 4.93 Å². The largest absolute Gasteiger partial charge is 0.309 e. The van der Waals surface area contributed by atoms with Crippen molar-refractivity contribution in [3.05, 3.63) is 140 Å². The van der Waals surface area contributed by atoms with E-state index in [1.54, 1.807) is 0 Å². The minimum atomic E-state index is 1.18. The van der Waals surface area contributed by atoms with E-state index in [0.29, 0.717) is 0 Å². The molecule has 35 heavy (non-hydrogen) atoms. The van der Waals surface area contributed by atoms with Gasteiger partial charge < -0.3 is 4.57 Å². The molecule has 0 saturated heterocycles. The molecule has 164 valence electrons. The summed E-state index contributed by atoms with van der Waals surface area (Å²) in [7, 11) is 0. The first-order valence-corrected chi connectivity index (χ1v) is 12.0. The summed E-state index contributed by atoms with van der Waals surface area (Å²) in [6.45, 7) is 0. The summed E-state index contributed by atoms with van der Waals surface area (Å²) in [4.78, 5) is 0. The molecule has 7 rings (SSSR count). The SMILES string of the molecule is c1ccc(-c2cccc(-c3ccc4c5ccc6ccccc6c5n(-c5ccccc5)c4c3)c2)cc1. The Bertz CT molecular complexity index is 1830. The quantitative estimate of drug-likeness (QED) is 0.255. The highest BCUT2D eigenvalue weighted by Crippen LogP contribution is 2.38. The van der Waals surface area contributed by atoms with E-state index in [-0.39, 0.29) is 0 Å². The molecule has 0 saturated carbocycles. The van der Waals surface area contributed by atoms with Gasteiger partial charge in [-0.25, -0.2) is 0 Å². The van der Waals surface area contributed by atoms with Gasteiger partial charge in [-0.1, -0.05) is 115 Å². The molecule has 0 unspecified atom stereocenters. The molecule has 0 aliphatic heterocycles. The first-order valence-electron chi connectivity index (χ1n) is 12.0. The van der Waals surface area contributed by atoms with Crippen LogP contribution >= 0.6 is 0 Å². The van der Waals surface area contributed by atoms with E-state index >= 15 is 0 Å². The third-order valence-electron chi connectivity index (χ3n) is 6.97. The van der Waals surface area contributed by atoms with Gasteiger partial charge in [0, 0.05) is 21.8 Å². The van der Waals surface area contributed by atoms with Crippen molar-refractivity contribution < 1.29 is 0 Å². The van der Waals surface area contributed by atoms with Crippen LogP contribution in [0.5, 0.6) is 0 Å². The van der Waals surface area contributed by atoms with Crippen molar-refractivity contribution in [3.8, 4) is 27.9 Å². The minimum absolute atomic E-state index is 1.18. The standard InChI is InChI=1S/C34H23N/c1-3-10-24(11-4-1)26-13-9-14-27(22-26)28-19-20-31-32-21-18-25-12-7-8-17-30(25)34(32)35(33(31)23-28)29-15-5-2-6-16-29/h1-23H. The number of rotatable bonds is 3. The summed E-state index contributed by atoms with van der Waals surface area (Å²) < 4.78 is 2.43. The Kier molecular flexibility index (Phi) is 4.53. The molecular formula is C34H23N. The maximum atomic E-state index is 2.43. The van der Waals surface area contributed by atoms with Crippen molar-refractivity contribution >= 4 is 32.6 Å². The number of hydrogen-bond donors (Lipinski definition) is 0. The summed E-state index contributed by atoms with van der Waals surface area (Å²) in [5, 5.41) is 5.10. The molecule has 1 nitrogen and oxygen atoms in total. The maximum absolute atomic E-state index is 2.43. The molecule has 1 heterocycles. The van der Waals surface area contributed by atoms with Gasteiger partial charge >= 0.3 is 0 Å². The van der Waals surface area contributed by atoms with Crippen LogP contribution in [0, 0.1) is 0 Å². The van der Waals surface area contributed by atoms with E-state index in [0.717, 1.165) is 0 Å². The molecule has 6 aromatic carbocycles. The molecule has 0 N–H and O–H groups in total. The van der Waals surface area contributed by atoms with Crippen molar-refractivity contribution in [2.24, 2.45) is 0 Å². The molecule has 1 aromatic heterocycles. The van der Waals surface area contributed by atoms with Gasteiger partial charge in [0.2, 0.25) is 0 Å². The van der Waals surface area contributed by atoms with Gasteiger partial charge in [0.1, 0.15) is 0 Å². The number of aromatic nitrogens is 1. The zero-order valence-corrected chi connectivity index (χ0v) is 19.2. The summed E-state index contributed by atoms with van der Waals surface area (Å²) >= 11 is 0. The first-order chi connectivity index (χ1) is 17.4. The summed E-state index contributed by atoms with van der Waals surface area (Å²) in [6, 6.07) is 50.2. The van der Waals surface area contributed by atoms with Gasteiger partial charge in [0.25, 0.3) is 0 Å². The van der Waals surface area contributed by atoms with E-state index in [2.05, 4.69) is 144 Å². The fourth-order valence-corrected chi connectivity index (χ4v) is 5.31. The van der Waals surface area contributed by atoms with E-state index in [4.69, 9.17) is 0 Å². The summed E-state index contributed by atoms with van der Waals surface area (Å²) in [5.41, 5.74) is 8.59. The average molecular weight is 446 g/mol. The number of fused-ring (bicyclic) bond motifs is 5. The van der Waals surface area contributed by atoms with Gasteiger partial charge in [0.15, 0.2) is 0 Å². The van der Waals surface area contributed by atoms with Gasteiger partial charge in [-0.3, -0.25) is 0 Å². The predicted molar refractivity (Wildman–Crippen MR) is 149 cm³/mol. The highest BCUT2D eigenvalue weighted by molar-refractivity contribution is 6.19. The van der Waals surface area contributed by atoms with Crippen LogP contribution in [0.1, 0.15) is 0 Å². The lowest BCUT2D eigenvalue weighted by atomic mass is 9.98. The number of para-hydroxylation sites is 1. The van der Waals surface area contributed by atoms with Crippen LogP contribution in [0.2, 0.25) is 0 Å². The second kappa shape index (κ2) is 8.00. The Morgan fingerprint density at radius 2 is 1.00 bits per heavy atom.